The molecule has 1 fully saturated rings. The molecule has 1 aromatic carbocycles. The minimum atomic E-state index is -4.46. The molecule has 0 bridgehead atoms. The van der Waals surface area contributed by atoms with Crippen molar-refractivity contribution in [3.63, 3.8) is 0 Å². The zero-order valence-electron chi connectivity index (χ0n) is 12.9. The smallest absolute Gasteiger partial charge is 0.416 e. The van der Waals surface area contributed by atoms with Gasteiger partial charge in [0.05, 0.1) is 5.56 Å². The number of nitrogens with zero attached hydrogens (tertiary/aromatic N) is 1. The summed E-state index contributed by atoms with van der Waals surface area (Å²) < 4.78 is 43.7. The molecule has 1 aliphatic carbocycles. The van der Waals surface area contributed by atoms with Gasteiger partial charge in [-0.25, -0.2) is 4.98 Å². The number of rotatable bonds is 3. The minimum Gasteiger partial charge on any atom is -0.443 e. The Balaban J connectivity index is 1.83. The van der Waals surface area contributed by atoms with Gasteiger partial charge >= 0.3 is 6.18 Å². The number of nitrogens with one attached hydrogen (secondary N) is 1. The van der Waals surface area contributed by atoms with Crippen LogP contribution in [-0.2, 0) is 6.18 Å². The molecule has 0 saturated heterocycles. The summed E-state index contributed by atoms with van der Waals surface area (Å²) in [4.78, 5) is 16.3. The molecule has 4 nitrogen and oxygen atoms in total. The van der Waals surface area contributed by atoms with Gasteiger partial charge in [0, 0.05) is 11.6 Å². The monoisotopic (exact) mass is 338 g/mol. The first kappa shape index (κ1) is 16.5. The maximum absolute atomic E-state index is 12.9. The molecule has 1 aromatic heterocycles. The standard InChI is InChI=1S/C17H17F3N2O2/c18-17(19,20)12-6-4-5-11(9-12)15-14(21-10-24-15)16(23)22-13-7-2-1-3-8-13/h4-6,9-10,13H,1-3,7-8H2,(H,22,23). The molecule has 0 unspecified atom stereocenters. The summed E-state index contributed by atoms with van der Waals surface area (Å²) in [6, 6.07) is 4.76. The second-order valence-corrected chi connectivity index (χ2v) is 5.92. The Bertz CT molecular complexity index is 719. The van der Waals surface area contributed by atoms with Gasteiger partial charge in [-0.15, -0.1) is 0 Å². The Hall–Kier alpha value is -2.31. The van der Waals surface area contributed by atoms with Crippen molar-refractivity contribution < 1.29 is 22.4 Å². The van der Waals surface area contributed by atoms with E-state index >= 15 is 0 Å². The van der Waals surface area contributed by atoms with Crippen molar-refractivity contribution in [3.8, 4) is 11.3 Å². The van der Waals surface area contributed by atoms with E-state index in [0.717, 1.165) is 50.6 Å². The van der Waals surface area contributed by atoms with Gasteiger partial charge in [-0.3, -0.25) is 4.79 Å². The molecule has 2 aromatic rings. The number of hydrogen-bond acceptors (Lipinski definition) is 3. The van der Waals surface area contributed by atoms with Gasteiger partial charge in [0.25, 0.3) is 5.91 Å². The molecule has 1 saturated carbocycles. The van der Waals surface area contributed by atoms with Gasteiger partial charge in [0.1, 0.15) is 0 Å². The first-order valence-electron chi connectivity index (χ1n) is 7.87. The quantitative estimate of drug-likeness (QED) is 0.901. The van der Waals surface area contributed by atoms with Crippen molar-refractivity contribution in [2.24, 2.45) is 0 Å². The lowest BCUT2D eigenvalue weighted by Gasteiger charge is -2.22. The third-order valence-electron chi connectivity index (χ3n) is 4.17. The Morgan fingerprint density at radius 3 is 2.67 bits per heavy atom. The predicted molar refractivity (Wildman–Crippen MR) is 81.3 cm³/mol. The summed E-state index contributed by atoms with van der Waals surface area (Å²) in [6.45, 7) is 0. The highest BCUT2D eigenvalue weighted by molar-refractivity contribution is 5.97. The van der Waals surface area contributed by atoms with Crippen molar-refractivity contribution in [3.05, 3.63) is 41.9 Å². The molecule has 128 valence electrons. The average Bonchev–Trinajstić information content (AvgIpc) is 3.05. The van der Waals surface area contributed by atoms with E-state index in [0.29, 0.717) is 0 Å². The van der Waals surface area contributed by atoms with Crippen molar-refractivity contribution >= 4 is 5.91 Å². The summed E-state index contributed by atoms with van der Waals surface area (Å²) in [5, 5.41) is 2.89. The van der Waals surface area contributed by atoms with Crippen LogP contribution in [0.15, 0.2) is 35.1 Å². The molecule has 3 rings (SSSR count). The zero-order chi connectivity index (χ0) is 17.2. The van der Waals surface area contributed by atoms with Crippen LogP contribution < -0.4 is 5.32 Å². The van der Waals surface area contributed by atoms with E-state index in [1.807, 2.05) is 0 Å². The van der Waals surface area contributed by atoms with Gasteiger partial charge in [-0.05, 0) is 25.0 Å². The highest BCUT2D eigenvalue weighted by Crippen LogP contribution is 2.33. The van der Waals surface area contributed by atoms with E-state index in [1.165, 1.54) is 12.1 Å². The summed E-state index contributed by atoms with van der Waals surface area (Å²) >= 11 is 0. The molecule has 1 heterocycles. The van der Waals surface area contributed by atoms with E-state index in [1.54, 1.807) is 0 Å². The fourth-order valence-corrected chi connectivity index (χ4v) is 2.95. The van der Waals surface area contributed by atoms with Gasteiger partial charge < -0.3 is 9.73 Å². The van der Waals surface area contributed by atoms with Crippen LogP contribution in [0, 0.1) is 0 Å². The third kappa shape index (κ3) is 3.60. The molecule has 24 heavy (non-hydrogen) atoms. The van der Waals surface area contributed by atoms with Crippen LogP contribution in [0.3, 0.4) is 0 Å². The van der Waals surface area contributed by atoms with Gasteiger partial charge in [-0.2, -0.15) is 13.2 Å². The Labute approximate surface area is 137 Å². The van der Waals surface area contributed by atoms with E-state index in [9.17, 15) is 18.0 Å². The third-order valence-corrected chi connectivity index (χ3v) is 4.17. The Morgan fingerprint density at radius 2 is 1.96 bits per heavy atom. The fourth-order valence-electron chi connectivity index (χ4n) is 2.95. The van der Waals surface area contributed by atoms with Crippen molar-refractivity contribution in [1.29, 1.82) is 0 Å². The molecule has 0 spiro atoms. The summed E-state index contributed by atoms with van der Waals surface area (Å²) in [7, 11) is 0. The molecule has 1 amide bonds. The topological polar surface area (TPSA) is 55.1 Å². The molecule has 1 aliphatic rings. The fraction of sp³-hybridized carbons (Fsp3) is 0.412. The minimum absolute atomic E-state index is 0.0138. The maximum Gasteiger partial charge on any atom is 0.416 e. The second kappa shape index (κ2) is 6.67. The number of aromatic nitrogens is 1. The lowest BCUT2D eigenvalue weighted by atomic mass is 9.95. The largest absolute Gasteiger partial charge is 0.443 e. The summed E-state index contributed by atoms with van der Waals surface area (Å²) in [5.41, 5.74) is -0.606. The van der Waals surface area contributed by atoms with Crippen LogP contribution in [0.25, 0.3) is 11.3 Å². The van der Waals surface area contributed by atoms with Crippen LogP contribution in [0.5, 0.6) is 0 Å². The van der Waals surface area contributed by atoms with Crippen molar-refractivity contribution in [1.82, 2.24) is 10.3 Å². The molecule has 0 atom stereocenters. The molecule has 0 radical (unpaired) electrons. The average molecular weight is 338 g/mol. The number of carbonyl (C=O) groups excluding carboxylic acids is 1. The number of hydrogen-bond donors (Lipinski definition) is 1. The lowest BCUT2D eigenvalue weighted by Crippen LogP contribution is -2.36. The molecule has 7 heteroatoms. The SMILES string of the molecule is O=C(NC1CCCCC1)c1ncoc1-c1cccc(C(F)(F)F)c1. The maximum atomic E-state index is 12.9. The van der Waals surface area contributed by atoms with Gasteiger partial charge in [0.15, 0.2) is 17.8 Å². The zero-order valence-corrected chi connectivity index (χ0v) is 12.9. The number of alkyl halides is 3. The lowest BCUT2D eigenvalue weighted by molar-refractivity contribution is -0.137. The van der Waals surface area contributed by atoms with E-state index in [4.69, 9.17) is 4.42 Å². The molecular weight excluding hydrogens is 321 g/mol. The second-order valence-electron chi connectivity index (χ2n) is 5.92. The first-order valence-corrected chi connectivity index (χ1v) is 7.87. The number of halogens is 3. The predicted octanol–water partition coefficient (Wildman–Crippen LogP) is 4.42. The van der Waals surface area contributed by atoms with Gasteiger partial charge in [0.2, 0.25) is 0 Å². The van der Waals surface area contributed by atoms with Crippen LogP contribution in [-0.4, -0.2) is 16.9 Å². The molecule has 1 N–H and O–H groups in total. The summed E-state index contributed by atoms with van der Waals surface area (Å²) in [5.74, 6) is -0.363. The van der Waals surface area contributed by atoms with Crippen LogP contribution in [0.4, 0.5) is 13.2 Å². The van der Waals surface area contributed by atoms with Crippen LogP contribution in [0.1, 0.15) is 48.2 Å². The Morgan fingerprint density at radius 1 is 1.21 bits per heavy atom. The first-order chi connectivity index (χ1) is 11.4. The van der Waals surface area contributed by atoms with E-state index in [-0.39, 0.29) is 23.1 Å². The van der Waals surface area contributed by atoms with Crippen LogP contribution >= 0.6 is 0 Å². The summed E-state index contributed by atoms with van der Waals surface area (Å²) in [6.07, 6.45) is 1.71. The highest BCUT2D eigenvalue weighted by Gasteiger charge is 2.31. The number of benzene rings is 1. The van der Waals surface area contributed by atoms with E-state index < -0.39 is 17.6 Å². The number of carbonyl (C=O) groups is 1. The van der Waals surface area contributed by atoms with Gasteiger partial charge in [-0.1, -0.05) is 31.4 Å². The Kier molecular flexibility index (Phi) is 4.59. The van der Waals surface area contributed by atoms with Crippen LogP contribution in [0.2, 0.25) is 0 Å². The molecular formula is C17H17F3N2O2. The number of amides is 1. The highest BCUT2D eigenvalue weighted by atomic mass is 19.4. The van der Waals surface area contributed by atoms with Crippen molar-refractivity contribution in [2.75, 3.05) is 0 Å². The van der Waals surface area contributed by atoms with E-state index in [2.05, 4.69) is 10.3 Å². The molecule has 0 aliphatic heterocycles. The number of oxazole rings is 1. The normalized spacial score (nSPS) is 16.1. The van der Waals surface area contributed by atoms with Crippen molar-refractivity contribution in [2.45, 2.75) is 44.3 Å².